The van der Waals surface area contributed by atoms with Crippen LogP contribution in [0.15, 0.2) is 84.0 Å². The maximum Gasteiger partial charge on any atom is 0.244 e. The third-order valence-corrected chi connectivity index (χ3v) is 7.09. The van der Waals surface area contributed by atoms with Gasteiger partial charge in [-0.2, -0.15) is 4.31 Å². The molecule has 0 aliphatic heterocycles. The first-order chi connectivity index (χ1) is 15.5. The minimum Gasteiger partial charge on any atom is -0.383 e. The number of nitrogens with zero attached hydrogens (tertiary/aromatic N) is 2. The Hall–Kier alpha value is -3.33. The highest BCUT2D eigenvalue weighted by atomic mass is 32.2. The molecule has 0 saturated heterocycles. The van der Waals surface area contributed by atoms with Crippen molar-refractivity contribution >= 4 is 43.2 Å². The number of pyridine rings is 1. The number of ether oxygens (including phenoxy) is 1. The predicted octanol–water partition coefficient (Wildman–Crippen LogP) is 3.66. The van der Waals surface area contributed by atoms with Gasteiger partial charge in [0.15, 0.2) is 0 Å². The van der Waals surface area contributed by atoms with E-state index in [1.54, 1.807) is 42.7 Å². The van der Waals surface area contributed by atoms with Crippen LogP contribution in [0.1, 0.15) is 0 Å². The highest BCUT2D eigenvalue weighted by molar-refractivity contribution is 7.89. The lowest BCUT2D eigenvalue weighted by atomic mass is 10.1. The van der Waals surface area contributed by atoms with Crippen LogP contribution in [0.3, 0.4) is 0 Å². The summed E-state index contributed by atoms with van der Waals surface area (Å²) < 4.78 is 33.3. The summed E-state index contributed by atoms with van der Waals surface area (Å²) in [5, 5.41) is 5.99. The van der Waals surface area contributed by atoms with Crippen molar-refractivity contribution < 1.29 is 17.9 Å². The Kier molecular flexibility index (Phi) is 6.45. The predicted molar refractivity (Wildman–Crippen MR) is 125 cm³/mol. The molecule has 0 aliphatic rings. The number of nitrogens with one attached hydrogen (secondary N) is 1. The number of rotatable bonds is 8. The molecule has 1 amide bonds. The molecule has 0 atom stereocenters. The molecule has 0 bridgehead atoms. The molecular formula is C24H23N3O4S. The van der Waals surface area contributed by atoms with Crippen molar-refractivity contribution in [1.29, 1.82) is 0 Å². The number of hydrogen-bond donors (Lipinski definition) is 1. The third-order valence-electron chi connectivity index (χ3n) is 5.19. The molecule has 0 spiro atoms. The second-order valence-corrected chi connectivity index (χ2v) is 9.17. The van der Waals surface area contributed by atoms with Gasteiger partial charge in [0.1, 0.15) is 0 Å². The molecule has 0 saturated carbocycles. The Morgan fingerprint density at radius 1 is 0.969 bits per heavy atom. The number of hydrogen-bond acceptors (Lipinski definition) is 5. The molecule has 8 heteroatoms. The number of carbonyl (C=O) groups is 1. The van der Waals surface area contributed by atoms with Crippen LogP contribution in [-0.2, 0) is 19.6 Å². The van der Waals surface area contributed by atoms with Gasteiger partial charge in [-0.25, -0.2) is 8.42 Å². The van der Waals surface area contributed by atoms with Crippen molar-refractivity contribution in [2.75, 3.05) is 32.1 Å². The Bertz CT molecular complexity index is 1360. The summed E-state index contributed by atoms with van der Waals surface area (Å²) in [7, 11) is -2.47. The van der Waals surface area contributed by atoms with E-state index in [1.807, 2.05) is 36.4 Å². The third kappa shape index (κ3) is 4.47. The smallest absolute Gasteiger partial charge is 0.244 e. The van der Waals surface area contributed by atoms with Gasteiger partial charge in [0, 0.05) is 47.9 Å². The fourth-order valence-electron chi connectivity index (χ4n) is 3.62. The van der Waals surface area contributed by atoms with Gasteiger partial charge in [0.25, 0.3) is 0 Å². The van der Waals surface area contributed by atoms with Crippen molar-refractivity contribution in [3.63, 3.8) is 0 Å². The number of methoxy groups -OCH3 is 1. The van der Waals surface area contributed by atoms with E-state index in [0.29, 0.717) is 16.5 Å². The Labute approximate surface area is 186 Å². The fraction of sp³-hybridized carbons (Fsp3) is 0.167. The van der Waals surface area contributed by atoms with Gasteiger partial charge in [-0.3, -0.25) is 9.78 Å². The number of amides is 1. The first-order valence-corrected chi connectivity index (χ1v) is 11.5. The van der Waals surface area contributed by atoms with Crippen LogP contribution in [0.25, 0.3) is 21.5 Å². The molecule has 7 nitrogen and oxygen atoms in total. The Morgan fingerprint density at radius 2 is 1.72 bits per heavy atom. The lowest BCUT2D eigenvalue weighted by molar-refractivity contribution is -0.116. The lowest BCUT2D eigenvalue weighted by Gasteiger charge is -2.22. The van der Waals surface area contributed by atoms with E-state index < -0.39 is 15.9 Å². The number of fused-ring (bicyclic) bond motifs is 2. The first kappa shape index (κ1) is 21.9. The van der Waals surface area contributed by atoms with Crippen LogP contribution >= 0.6 is 0 Å². The zero-order chi connectivity index (χ0) is 22.6. The number of aromatic nitrogens is 1. The Balaban J connectivity index is 1.64. The van der Waals surface area contributed by atoms with Gasteiger partial charge in [0.2, 0.25) is 15.9 Å². The highest BCUT2D eigenvalue weighted by Crippen LogP contribution is 2.26. The molecule has 0 radical (unpaired) electrons. The van der Waals surface area contributed by atoms with Crippen molar-refractivity contribution in [1.82, 2.24) is 9.29 Å². The summed E-state index contributed by atoms with van der Waals surface area (Å²) in [4.78, 5) is 17.1. The lowest BCUT2D eigenvalue weighted by Crippen LogP contribution is -2.40. The van der Waals surface area contributed by atoms with Crippen LogP contribution < -0.4 is 5.32 Å². The molecule has 4 aromatic rings. The molecule has 32 heavy (non-hydrogen) atoms. The molecule has 1 N–H and O–H groups in total. The summed E-state index contributed by atoms with van der Waals surface area (Å²) in [6, 6.07) is 19.9. The van der Waals surface area contributed by atoms with Crippen LogP contribution in [0.4, 0.5) is 5.69 Å². The average Bonchev–Trinajstić information content (AvgIpc) is 2.81. The first-order valence-electron chi connectivity index (χ1n) is 10.1. The molecule has 0 fully saturated rings. The van der Waals surface area contributed by atoms with E-state index in [-0.39, 0.29) is 24.6 Å². The second kappa shape index (κ2) is 9.44. The molecule has 1 aromatic heterocycles. The van der Waals surface area contributed by atoms with Crippen molar-refractivity contribution in [3.8, 4) is 0 Å². The summed E-state index contributed by atoms with van der Waals surface area (Å²) in [5.74, 6) is -0.428. The largest absolute Gasteiger partial charge is 0.383 e. The van der Waals surface area contributed by atoms with Gasteiger partial charge in [-0.1, -0.05) is 48.5 Å². The van der Waals surface area contributed by atoms with Gasteiger partial charge >= 0.3 is 0 Å². The minimum atomic E-state index is -3.97. The topological polar surface area (TPSA) is 88.6 Å². The SMILES string of the molecule is COCCN(CC(=O)Nc1cccc2ccccc12)S(=O)(=O)c1cccc2cnccc12. The molecule has 0 aliphatic carbocycles. The number of anilines is 1. The molecule has 0 unspecified atom stereocenters. The molecule has 3 aromatic carbocycles. The fourth-order valence-corrected chi connectivity index (χ4v) is 5.21. The highest BCUT2D eigenvalue weighted by Gasteiger charge is 2.28. The zero-order valence-corrected chi connectivity index (χ0v) is 18.4. The summed E-state index contributed by atoms with van der Waals surface area (Å²) in [5.41, 5.74) is 0.633. The van der Waals surface area contributed by atoms with Crippen LogP contribution in [0.5, 0.6) is 0 Å². The Morgan fingerprint density at radius 3 is 2.56 bits per heavy atom. The molecule has 164 valence electrons. The van der Waals surface area contributed by atoms with Gasteiger partial charge < -0.3 is 10.1 Å². The summed E-state index contributed by atoms with van der Waals surface area (Å²) in [6.07, 6.45) is 3.16. The van der Waals surface area contributed by atoms with Gasteiger partial charge in [-0.15, -0.1) is 0 Å². The maximum atomic E-state index is 13.5. The van der Waals surface area contributed by atoms with E-state index in [9.17, 15) is 13.2 Å². The van der Waals surface area contributed by atoms with Crippen LogP contribution in [0, 0.1) is 0 Å². The van der Waals surface area contributed by atoms with Crippen molar-refractivity contribution in [3.05, 3.63) is 79.1 Å². The molecular weight excluding hydrogens is 426 g/mol. The minimum absolute atomic E-state index is 0.0449. The number of sulfonamides is 1. The summed E-state index contributed by atoms with van der Waals surface area (Å²) in [6.45, 7) is -0.132. The number of benzene rings is 3. The van der Waals surface area contributed by atoms with E-state index >= 15 is 0 Å². The van der Waals surface area contributed by atoms with Crippen LogP contribution in [-0.4, -0.2) is 50.4 Å². The average molecular weight is 450 g/mol. The van der Waals surface area contributed by atoms with Crippen molar-refractivity contribution in [2.45, 2.75) is 4.90 Å². The monoisotopic (exact) mass is 449 g/mol. The van der Waals surface area contributed by atoms with Crippen LogP contribution in [0.2, 0.25) is 0 Å². The van der Waals surface area contributed by atoms with Crippen molar-refractivity contribution in [2.24, 2.45) is 0 Å². The quantitative estimate of drug-likeness (QED) is 0.443. The zero-order valence-electron chi connectivity index (χ0n) is 17.6. The standard InChI is InChI=1S/C24H23N3O4S/c1-31-15-14-27(32(29,30)23-11-5-8-19-16-25-13-12-21(19)23)17-24(28)26-22-10-4-7-18-6-2-3-9-20(18)22/h2-13,16H,14-15,17H2,1H3,(H,26,28). The summed E-state index contributed by atoms with van der Waals surface area (Å²) >= 11 is 0. The molecule has 4 rings (SSSR count). The van der Waals surface area contributed by atoms with E-state index in [1.165, 1.54) is 7.11 Å². The van der Waals surface area contributed by atoms with E-state index in [0.717, 1.165) is 15.1 Å². The van der Waals surface area contributed by atoms with Gasteiger partial charge in [0.05, 0.1) is 18.0 Å². The number of carbonyl (C=O) groups excluding carboxylic acids is 1. The molecule has 1 heterocycles. The maximum absolute atomic E-state index is 13.5. The van der Waals surface area contributed by atoms with E-state index in [4.69, 9.17) is 4.74 Å². The van der Waals surface area contributed by atoms with E-state index in [2.05, 4.69) is 10.3 Å². The van der Waals surface area contributed by atoms with Gasteiger partial charge in [-0.05, 0) is 23.6 Å². The normalized spacial score (nSPS) is 11.8. The second-order valence-electron chi connectivity index (χ2n) is 7.26.